The average molecular weight is 452 g/mol. The highest BCUT2D eigenvalue weighted by atomic mass is 32.2. The second-order valence-corrected chi connectivity index (χ2v) is 9.87. The summed E-state index contributed by atoms with van der Waals surface area (Å²) in [4.78, 5) is 29.8. The van der Waals surface area contributed by atoms with Gasteiger partial charge in [-0.15, -0.1) is 11.3 Å². The summed E-state index contributed by atoms with van der Waals surface area (Å²) in [7, 11) is -3.68. The van der Waals surface area contributed by atoms with Crippen LogP contribution in [0.25, 0.3) is 0 Å². The fourth-order valence-corrected chi connectivity index (χ4v) is 5.43. The minimum Gasteiger partial charge on any atom is -0.456 e. The summed E-state index contributed by atoms with van der Waals surface area (Å²) >= 11 is 1.55. The molecule has 2 heterocycles. The summed E-state index contributed by atoms with van der Waals surface area (Å²) < 4.78 is 32.3. The van der Waals surface area contributed by atoms with E-state index in [9.17, 15) is 18.0 Å². The van der Waals surface area contributed by atoms with Crippen molar-refractivity contribution in [3.8, 4) is 0 Å². The van der Waals surface area contributed by atoms with E-state index in [0.717, 1.165) is 17.8 Å². The molecule has 1 fully saturated rings. The SMILES string of the molecule is CCCc1nc(COC(=O)c2ccc(S(=O)(=O)N3CCN(C(C)=O)CC3)cc2)cs1. The topological polar surface area (TPSA) is 96.9 Å². The van der Waals surface area contributed by atoms with Crippen molar-refractivity contribution in [1.29, 1.82) is 0 Å². The van der Waals surface area contributed by atoms with E-state index in [-0.39, 0.29) is 36.1 Å². The Morgan fingerprint density at radius 2 is 1.80 bits per heavy atom. The molecule has 0 N–H and O–H groups in total. The summed E-state index contributed by atoms with van der Waals surface area (Å²) in [5, 5.41) is 2.89. The van der Waals surface area contributed by atoms with Gasteiger partial charge in [-0.25, -0.2) is 18.2 Å². The number of piperazine rings is 1. The number of ether oxygens (including phenoxy) is 1. The lowest BCUT2D eigenvalue weighted by Crippen LogP contribution is -2.49. The van der Waals surface area contributed by atoms with Crippen LogP contribution in [0.3, 0.4) is 0 Å². The molecule has 1 saturated heterocycles. The minimum absolute atomic E-state index is 0.0610. The highest BCUT2D eigenvalue weighted by molar-refractivity contribution is 7.89. The maximum Gasteiger partial charge on any atom is 0.338 e. The molecule has 0 unspecified atom stereocenters. The molecule has 8 nitrogen and oxygen atoms in total. The van der Waals surface area contributed by atoms with Gasteiger partial charge in [0.15, 0.2) is 0 Å². The van der Waals surface area contributed by atoms with Crippen molar-refractivity contribution in [2.75, 3.05) is 26.2 Å². The summed E-state index contributed by atoms with van der Waals surface area (Å²) in [5.41, 5.74) is 0.986. The monoisotopic (exact) mass is 451 g/mol. The number of carbonyl (C=O) groups is 2. The number of hydrogen-bond donors (Lipinski definition) is 0. The van der Waals surface area contributed by atoms with E-state index in [1.165, 1.54) is 35.5 Å². The van der Waals surface area contributed by atoms with Gasteiger partial charge in [-0.3, -0.25) is 4.79 Å². The fourth-order valence-electron chi connectivity index (χ4n) is 3.12. The van der Waals surface area contributed by atoms with E-state index >= 15 is 0 Å². The van der Waals surface area contributed by atoms with Crippen LogP contribution in [0, 0.1) is 0 Å². The van der Waals surface area contributed by atoms with Gasteiger partial charge >= 0.3 is 5.97 Å². The molecule has 1 amide bonds. The zero-order valence-electron chi connectivity index (χ0n) is 17.0. The standard InChI is InChI=1S/C20H25N3O5S2/c1-3-4-19-21-17(14-29-19)13-28-20(25)16-5-7-18(8-6-16)30(26,27)23-11-9-22(10-12-23)15(2)24/h5-8,14H,3-4,9-13H2,1-2H3. The highest BCUT2D eigenvalue weighted by Gasteiger charge is 2.29. The zero-order valence-corrected chi connectivity index (χ0v) is 18.7. The van der Waals surface area contributed by atoms with Crippen molar-refractivity contribution >= 4 is 33.2 Å². The molecule has 162 valence electrons. The minimum atomic E-state index is -3.68. The number of sulfonamides is 1. The van der Waals surface area contributed by atoms with Crippen LogP contribution in [0.15, 0.2) is 34.5 Å². The van der Waals surface area contributed by atoms with Crippen molar-refractivity contribution in [3.05, 3.63) is 45.9 Å². The van der Waals surface area contributed by atoms with E-state index in [1.54, 1.807) is 16.2 Å². The molecule has 3 rings (SSSR count). The second-order valence-electron chi connectivity index (χ2n) is 6.99. The van der Waals surface area contributed by atoms with Crippen LogP contribution >= 0.6 is 11.3 Å². The van der Waals surface area contributed by atoms with Gasteiger partial charge in [0.25, 0.3) is 0 Å². The van der Waals surface area contributed by atoms with E-state index < -0.39 is 16.0 Å². The number of rotatable bonds is 7. The molecular weight excluding hydrogens is 426 g/mol. The predicted molar refractivity (Wildman–Crippen MR) is 113 cm³/mol. The maximum atomic E-state index is 12.8. The molecule has 1 aliphatic rings. The van der Waals surface area contributed by atoms with Crippen LogP contribution in [0.4, 0.5) is 0 Å². The maximum absolute atomic E-state index is 12.8. The Labute approximate surface area is 180 Å². The van der Waals surface area contributed by atoms with E-state index in [0.29, 0.717) is 18.8 Å². The Hall–Kier alpha value is -2.30. The molecule has 10 heteroatoms. The first-order chi connectivity index (χ1) is 14.3. The van der Waals surface area contributed by atoms with Gasteiger partial charge in [-0.05, 0) is 37.1 Å². The van der Waals surface area contributed by atoms with Crippen LogP contribution in [0.2, 0.25) is 0 Å². The number of thiazole rings is 1. The first-order valence-electron chi connectivity index (χ1n) is 9.77. The van der Waals surface area contributed by atoms with Crippen molar-refractivity contribution < 1.29 is 22.7 Å². The number of benzene rings is 1. The molecule has 30 heavy (non-hydrogen) atoms. The average Bonchev–Trinajstić information content (AvgIpc) is 3.20. The highest BCUT2D eigenvalue weighted by Crippen LogP contribution is 2.19. The summed E-state index contributed by atoms with van der Waals surface area (Å²) in [6.07, 6.45) is 1.91. The van der Waals surface area contributed by atoms with E-state index in [1.807, 2.05) is 5.38 Å². The van der Waals surface area contributed by atoms with Gasteiger partial charge in [-0.1, -0.05) is 6.92 Å². The molecule has 0 aliphatic carbocycles. The molecule has 0 bridgehead atoms. The number of nitrogens with zero attached hydrogens (tertiary/aromatic N) is 3. The summed E-state index contributed by atoms with van der Waals surface area (Å²) in [6, 6.07) is 5.71. The Balaban J connectivity index is 1.59. The quantitative estimate of drug-likeness (QED) is 0.600. The molecule has 0 atom stereocenters. The third-order valence-electron chi connectivity index (χ3n) is 4.83. The third kappa shape index (κ3) is 5.24. The molecule has 0 radical (unpaired) electrons. The Morgan fingerprint density at radius 3 is 2.40 bits per heavy atom. The lowest BCUT2D eigenvalue weighted by molar-refractivity contribution is -0.129. The summed E-state index contributed by atoms with van der Waals surface area (Å²) in [5.74, 6) is -0.590. The summed E-state index contributed by atoms with van der Waals surface area (Å²) in [6.45, 7) is 4.88. The second kappa shape index (κ2) is 9.67. The Morgan fingerprint density at radius 1 is 1.13 bits per heavy atom. The lowest BCUT2D eigenvalue weighted by Gasteiger charge is -2.33. The van der Waals surface area contributed by atoms with Crippen LogP contribution in [0.1, 0.15) is 41.3 Å². The van der Waals surface area contributed by atoms with Gasteiger partial charge in [0, 0.05) is 38.5 Å². The number of hydrogen-bond acceptors (Lipinski definition) is 7. The molecule has 0 saturated carbocycles. The Bertz CT molecular complexity index is 994. The Kier molecular flexibility index (Phi) is 7.22. The van der Waals surface area contributed by atoms with Crippen LogP contribution in [0.5, 0.6) is 0 Å². The molecule has 2 aromatic rings. The first-order valence-corrected chi connectivity index (χ1v) is 12.1. The van der Waals surface area contributed by atoms with Crippen LogP contribution in [-0.2, 0) is 32.6 Å². The van der Waals surface area contributed by atoms with Crippen LogP contribution in [-0.4, -0.2) is 60.7 Å². The van der Waals surface area contributed by atoms with Crippen LogP contribution < -0.4 is 0 Å². The van der Waals surface area contributed by atoms with Crippen molar-refractivity contribution in [2.45, 2.75) is 38.2 Å². The van der Waals surface area contributed by atoms with Crippen molar-refractivity contribution in [1.82, 2.24) is 14.2 Å². The fraction of sp³-hybridized carbons (Fsp3) is 0.450. The third-order valence-corrected chi connectivity index (χ3v) is 7.70. The molecule has 0 spiro atoms. The smallest absolute Gasteiger partial charge is 0.338 e. The van der Waals surface area contributed by atoms with E-state index in [4.69, 9.17) is 4.74 Å². The number of aromatic nitrogens is 1. The number of aryl methyl sites for hydroxylation is 1. The predicted octanol–water partition coefficient (Wildman–Crippen LogP) is 2.31. The molecular formula is C20H25N3O5S2. The normalized spacial score (nSPS) is 15.2. The van der Waals surface area contributed by atoms with E-state index in [2.05, 4.69) is 11.9 Å². The van der Waals surface area contributed by atoms with Gasteiger partial charge in [0.1, 0.15) is 6.61 Å². The van der Waals surface area contributed by atoms with Gasteiger partial charge in [0.2, 0.25) is 15.9 Å². The van der Waals surface area contributed by atoms with Crippen molar-refractivity contribution in [2.24, 2.45) is 0 Å². The number of carbonyl (C=O) groups excluding carboxylic acids is 2. The van der Waals surface area contributed by atoms with Gasteiger partial charge in [-0.2, -0.15) is 4.31 Å². The molecule has 1 aromatic heterocycles. The molecule has 1 aromatic carbocycles. The first kappa shape index (κ1) is 22.4. The van der Waals surface area contributed by atoms with Crippen molar-refractivity contribution in [3.63, 3.8) is 0 Å². The van der Waals surface area contributed by atoms with Gasteiger partial charge in [0.05, 0.1) is 21.2 Å². The van der Waals surface area contributed by atoms with Gasteiger partial charge < -0.3 is 9.64 Å². The number of amides is 1. The number of esters is 1. The largest absolute Gasteiger partial charge is 0.456 e. The lowest BCUT2D eigenvalue weighted by atomic mass is 10.2. The zero-order chi connectivity index (χ0) is 21.7. The molecule has 1 aliphatic heterocycles.